The molecule has 0 radical (unpaired) electrons. The highest BCUT2D eigenvalue weighted by molar-refractivity contribution is 7.91. The smallest absolute Gasteiger partial charge is 0.153 e. The number of hydrogen-bond donors (Lipinski definition) is 2. The summed E-state index contributed by atoms with van der Waals surface area (Å²) in [6.07, 6.45) is 0.0452. The zero-order valence-corrected chi connectivity index (χ0v) is 12.3. The van der Waals surface area contributed by atoms with E-state index in [2.05, 4.69) is 19.2 Å². The Kier molecular flexibility index (Phi) is 8.00. The molecule has 0 heterocycles. The second-order valence-corrected chi connectivity index (χ2v) is 7.45. The molecule has 0 aromatic carbocycles. The fraction of sp³-hybridized carbons (Fsp3) is 1.00. The summed E-state index contributed by atoms with van der Waals surface area (Å²) in [6, 6.07) is 0. The molecule has 5 heteroatoms. The molecule has 0 rings (SSSR count). The minimum atomic E-state index is -3.13. The zero-order chi connectivity index (χ0) is 13.5. The van der Waals surface area contributed by atoms with E-state index in [1.807, 2.05) is 13.8 Å². The Labute approximate surface area is 106 Å². The fourth-order valence-corrected chi connectivity index (χ4v) is 3.45. The quantitative estimate of drug-likeness (QED) is 0.654. The van der Waals surface area contributed by atoms with Crippen molar-refractivity contribution < 1.29 is 13.5 Å². The number of nitrogens with one attached hydrogen (secondary N) is 1. The molecule has 0 aliphatic heterocycles. The van der Waals surface area contributed by atoms with E-state index in [9.17, 15) is 13.5 Å². The van der Waals surface area contributed by atoms with Crippen molar-refractivity contribution in [1.82, 2.24) is 5.32 Å². The van der Waals surface area contributed by atoms with Crippen molar-refractivity contribution >= 4 is 9.84 Å². The number of sulfone groups is 1. The molecule has 17 heavy (non-hydrogen) atoms. The number of rotatable bonds is 9. The first kappa shape index (κ1) is 16.9. The largest absolute Gasteiger partial charge is 0.391 e. The van der Waals surface area contributed by atoms with E-state index in [-0.39, 0.29) is 17.4 Å². The number of aliphatic hydroxyl groups is 1. The van der Waals surface area contributed by atoms with Gasteiger partial charge in [0, 0.05) is 6.54 Å². The number of aliphatic hydroxyl groups excluding tert-OH is 1. The van der Waals surface area contributed by atoms with E-state index < -0.39 is 15.9 Å². The van der Waals surface area contributed by atoms with Gasteiger partial charge in [0.25, 0.3) is 0 Å². The van der Waals surface area contributed by atoms with Crippen LogP contribution in [0.15, 0.2) is 0 Å². The van der Waals surface area contributed by atoms with E-state index >= 15 is 0 Å². The van der Waals surface area contributed by atoms with Crippen molar-refractivity contribution in [3.05, 3.63) is 0 Å². The third-order valence-corrected chi connectivity index (χ3v) is 4.58. The van der Waals surface area contributed by atoms with Crippen LogP contribution in [0.3, 0.4) is 0 Å². The third-order valence-electron chi connectivity index (χ3n) is 2.61. The molecular weight excluding hydrogens is 238 g/mol. The summed E-state index contributed by atoms with van der Waals surface area (Å²) in [6.45, 7) is 9.17. The lowest BCUT2D eigenvalue weighted by Crippen LogP contribution is -2.35. The van der Waals surface area contributed by atoms with E-state index in [4.69, 9.17) is 0 Å². The molecule has 0 aliphatic rings. The molecule has 0 bridgehead atoms. The highest BCUT2D eigenvalue weighted by Crippen LogP contribution is 2.07. The molecule has 2 atom stereocenters. The van der Waals surface area contributed by atoms with Crippen LogP contribution in [-0.2, 0) is 9.84 Å². The summed E-state index contributed by atoms with van der Waals surface area (Å²) in [7, 11) is -3.13. The van der Waals surface area contributed by atoms with Crippen LogP contribution in [0.4, 0.5) is 0 Å². The second-order valence-electron chi connectivity index (χ2n) is 5.30. The van der Waals surface area contributed by atoms with Gasteiger partial charge < -0.3 is 10.4 Å². The minimum absolute atomic E-state index is 0.136. The van der Waals surface area contributed by atoms with Crippen molar-refractivity contribution in [3.8, 4) is 0 Å². The van der Waals surface area contributed by atoms with Gasteiger partial charge in [-0.1, -0.05) is 34.1 Å². The Morgan fingerprint density at radius 3 is 2.18 bits per heavy atom. The van der Waals surface area contributed by atoms with Gasteiger partial charge in [0.15, 0.2) is 9.84 Å². The van der Waals surface area contributed by atoms with Gasteiger partial charge >= 0.3 is 0 Å². The minimum Gasteiger partial charge on any atom is -0.391 e. The van der Waals surface area contributed by atoms with Crippen LogP contribution in [0, 0.1) is 11.8 Å². The monoisotopic (exact) mass is 265 g/mol. The number of hydrogen-bond acceptors (Lipinski definition) is 4. The van der Waals surface area contributed by atoms with Crippen LogP contribution in [0.5, 0.6) is 0 Å². The predicted molar refractivity (Wildman–Crippen MR) is 71.8 cm³/mol. The molecule has 0 aliphatic carbocycles. The molecule has 0 aromatic rings. The molecule has 2 N–H and O–H groups in total. The van der Waals surface area contributed by atoms with Crippen LogP contribution in [-0.4, -0.2) is 44.2 Å². The maximum atomic E-state index is 11.7. The van der Waals surface area contributed by atoms with Gasteiger partial charge in [-0.25, -0.2) is 8.42 Å². The summed E-state index contributed by atoms with van der Waals surface area (Å²) in [5.41, 5.74) is 0. The Morgan fingerprint density at radius 1 is 1.12 bits per heavy atom. The zero-order valence-electron chi connectivity index (χ0n) is 11.4. The Hall–Kier alpha value is -0.130. The van der Waals surface area contributed by atoms with E-state index in [1.54, 1.807) is 0 Å². The van der Waals surface area contributed by atoms with Crippen molar-refractivity contribution in [1.29, 1.82) is 0 Å². The molecular formula is C12H27NO3S. The topological polar surface area (TPSA) is 66.4 Å². The SMILES string of the molecule is CCC(C)CS(=O)(=O)CC(O)CNCC(C)C. The van der Waals surface area contributed by atoms with Gasteiger partial charge in [0.2, 0.25) is 0 Å². The lowest BCUT2D eigenvalue weighted by molar-refractivity contribution is 0.192. The van der Waals surface area contributed by atoms with Crippen LogP contribution >= 0.6 is 0 Å². The van der Waals surface area contributed by atoms with E-state index in [0.717, 1.165) is 13.0 Å². The third kappa shape index (κ3) is 9.56. The lowest BCUT2D eigenvalue weighted by Gasteiger charge is -2.15. The molecule has 0 spiro atoms. The van der Waals surface area contributed by atoms with Gasteiger partial charge in [0.05, 0.1) is 17.6 Å². The Morgan fingerprint density at radius 2 is 1.71 bits per heavy atom. The van der Waals surface area contributed by atoms with Gasteiger partial charge in [-0.3, -0.25) is 0 Å². The maximum Gasteiger partial charge on any atom is 0.153 e. The normalized spacial score (nSPS) is 16.1. The molecule has 0 fully saturated rings. The standard InChI is InChI=1S/C12H27NO3S/c1-5-11(4)8-17(15,16)9-12(14)7-13-6-10(2)3/h10-14H,5-9H2,1-4H3. The first-order valence-electron chi connectivity index (χ1n) is 6.36. The Bertz CT molecular complexity index is 288. The molecule has 0 saturated carbocycles. The van der Waals surface area contributed by atoms with Gasteiger partial charge in [0.1, 0.15) is 0 Å². The highest BCUT2D eigenvalue weighted by atomic mass is 32.2. The summed E-state index contributed by atoms with van der Waals surface area (Å²) >= 11 is 0. The van der Waals surface area contributed by atoms with E-state index in [0.29, 0.717) is 12.5 Å². The highest BCUT2D eigenvalue weighted by Gasteiger charge is 2.19. The molecule has 0 amide bonds. The van der Waals surface area contributed by atoms with Gasteiger partial charge in [-0.2, -0.15) is 0 Å². The Balaban J connectivity index is 3.97. The van der Waals surface area contributed by atoms with Gasteiger partial charge in [-0.15, -0.1) is 0 Å². The molecule has 0 saturated heterocycles. The summed E-state index contributed by atoms with van der Waals surface area (Å²) in [5.74, 6) is 0.697. The average molecular weight is 265 g/mol. The lowest BCUT2D eigenvalue weighted by atomic mass is 10.2. The van der Waals surface area contributed by atoms with Gasteiger partial charge in [-0.05, 0) is 18.4 Å². The van der Waals surface area contributed by atoms with E-state index in [1.165, 1.54) is 0 Å². The van der Waals surface area contributed by atoms with Crippen molar-refractivity contribution in [2.75, 3.05) is 24.6 Å². The van der Waals surface area contributed by atoms with Crippen LogP contribution in [0.2, 0.25) is 0 Å². The second kappa shape index (κ2) is 8.06. The van der Waals surface area contributed by atoms with Crippen LogP contribution < -0.4 is 5.32 Å². The summed E-state index contributed by atoms with van der Waals surface area (Å²) < 4.78 is 23.4. The maximum absolute atomic E-state index is 11.7. The van der Waals surface area contributed by atoms with Crippen molar-refractivity contribution in [2.24, 2.45) is 11.8 Å². The molecule has 4 nitrogen and oxygen atoms in total. The first-order chi connectivity index (χ1) is 7.76. The van der Waals surface area contributed by atoms with Crippen LogP contribution in [0.25, 0.3) is 0 Å². The molecule has 2 unspecified atom stereocenters. The fourth-order valence-electron chi connectivity index (χ4n) is 1.51. The average Bonchev–Trinajstić information content (AvgIpc) is 2.15. The molecule has 104 valence electrons. The molecule has 0 aromatic heterocycles. The summed E-state index contributed by atoms with van der Waals surface area (Å²) in [4.78, 5) is 0. The van der Waals surface area contributed by atoms with Crippen LogP contribution in [0.1, 0.15) is 34.1 Å². The predicted octanol–water partition coefficient (Wildman–Crippen LogP) is 1.05. The van der Waals surface area contributed by atoms with Crippen molar-refractivity contribution in [2.45, 2.75) is 40.2 Å². The first-order valence-corrected chi connectivity index (χ1v) is 8.18. The summed E-state index contributed by atoms with van der Waals surface area (Å²) in [5, 5.41) is 12.7. The van der Waals surface area contributed by atoms with Crippen molar-refractivity contribution in [3.63, 3.8) is 0 Å².